The quantitative estimate of drug-likeness (QED) is 0.845. The maximum Gasteiger partial charge on any atom is 0.409 e. The third kappa shape index (κ3) is 4.46. The Labute approximate surface area is 142 Å². The van der Waals surface area contributed by atoms with Crippen LogP contribution in [0.4, 0.5) is 4.79 Å². The van der Waals surface area contributed by atoms with Gasteiger partial charge in [-0.05, 0) is 38.3 Å². The maximum atomic E-state index is 11.7. The predicted octanol–water partition coefficient (Wildman–Crippen LogP) is 3.26. The fourth-order valence-electron chi connectivity index (χ4n) is 3.14. The Balaban J connectivity index is 1.47. The molecule has 1 aromatic heterocycles. The van der Waals surface area contributed by atoms with Gasteiger partial charge in [-0.1, -0.05) is 0 Å². The van der Waals surface area contributed by atoms with Crippen LogP contribution in [0.2, 0.25) is 0 Å². The van der Waals surface area contributed by atoms with Crippen LogP contribution in [0.3, 0.4) is 0 Å². The van der Waals surface area contributed by atoms with Gasteiger partial charge in [0.25, 0.3) is 0 Å². The highest BCUT2D eigenvalue weighted by Gasteiger charge is 2.23. The van der Waals surface area contributed by atoms with Gasteiger partial charge in [0.1, 0.15) is 0 Å². The number of hydrogen-bond donors (Lipinski definition) is 0. The summed E-state index contributed by atoms with van der Waals surface area (Å²) >= 11 is 1.88. The van der Waals surface area contributed by atoms with Crippen molar-refractivity contribution in [3.63, 3.8) is 0 Å². The van der Waals surface area contributed by atoms with Gasteiger partial charge in [-0.2, -0.15) is 0 Å². The van der Waals surface area contributed by atoms with Crippen molar-refractivity contribution in [2.45, 2.75) is 38.8 Å². The van der Waals surface area contributed by atoms with Crippen LogP contribution in [0.15, 0.2) is 12.1 Å². The Bertz CT molecular complexity index is 506. The van der Waals surface area contributed by atoms with Gasteiger partial charge in [-0.3, -0.25) is 4.90 Å². The number of carbonyl (C=O) groups is 1. The molecule has 2 aliphatic rings. The van der Waals surface area contributed by atoms with Crippen molar-refractivity contribution in [1.82, 2.24) is 9.80 Å². The summed E-state index contributed by atoms with van der Waals surface area (Å²) in [7, 11) is 0. The first-order valence-electron chi connectivity index (χ1n) is 8.60. The second-order valence-electron chi connectivity index (χ2n) is 6.12. The highest BCUT2D eigenvalue weighted by atomic mass is 32.1. The summed E-state index contributed by atoms with van der Waals surface area (Å²) in [6.45, 7) is 7.48. The van der Waals surface area contributed by atoms with Gasteiger partial charge in [-0.25, -0.2) is 4.79 Å². The number of ether oxygens (including phenoxy) is 2. The molecule has 1 unspecified atom stereocenters. The zero-order valence-corrected chi connectivity index (χ0v) is 14.6. The van der Waals surface area contributed by atoms with E-state index in [1.165, 1.54) is 22.6 Å². The van der Waals surface area contributed by atoms with E-state index in [9.17, 15) is 4.79 Å². The molecule has 1 amide bonds. The van der Waals surface area contributed by atoms with E-state index in [0.717, 1.165) is 45.8 Å². The summed E-state index contributed by atoms with van der Waals surface area (Å²) in [6, 6.07) is 4.46. The number of rotatable bonds is 4. The molecule has 0 spiro atoms. The third-order valence-corrected chi connectivity index (χ3v) is 5.62. The average Bonchev–Trinajstić information content (AvgIpc) is 3.05. The van der Waals surface area contributed by atoms with Crippen molar-refractivity contribution in [1.29, 1.82) is 0 Å². The van der Waals surface area contributed by atoms with Crippen LogP contribution < -0.4 is 0 Å². The second-order valence-corrected chi connectivity index (χ2v) is 7.32. The van der Waals surface area contributed by atoms with Crippen molar-refractivity contribution < 1.29 is 14.3 Å². The highest BCUT2D eigenvalue weighted by molar-refractivity contribution is 7.12. The van der Waals surface area contributed by atoms with Crippen molar-refractivity contribution in [3.05, 3.63) is 21.9 Å². The SMILES string of the molecule is CCOC(=O)N1CCN(Cc2ccc(C3CCCCO3)s2)CC1. The van der Waals surface area contributed by atoms with Crippen LogP contribution in [0.25, 0.3) is 0 Å². The Hall–Kier alpha value is -1.11. The predicted molar refractivity (Wildman–Crippen MR) is 90.7 cm³/mol. The fraction of sp³-hybridized carbons (Fsp3) is 0.706. The smallest absolute Gasteiger partial charge is 0.409 e. The molecule has 0 bridgehead atoms. The van der Waals surface area contributed by atoms with E-state index >= 15 is 0 Å². The van der Waals surface area contributed by atoms with E-state index in [2.05, 4.69) is 17.0 Å². The molecule has 23 heavy (non-hydrogen) atoms. The third-order valence-electron chi connectivity index (χ3n) is 4.46. The van der Waals surface area contributed by atoms with Crippen LogP contribution in [0.1, 0.15) is 42.0 Å². The Morgan fingerprint density at radius 3 is 2.83 bits per heavy atom. The van der Waals surface area contributed by atoms with Crippen molar-refractivity contribution in [2.24, 2.45) is 0 Å². The maximum absolute atomic E-state index is 11.7. The molecular weight excluding hydrogens is 312 g/mol. The monoisotopic (exact) mass is 338 g/mol. The van der Waals surface area contributed by atoms with Crippen LogP contribution in [-0.4, -0.2) is 55.3 Å². The lowest BCUT2D eigenvalue weighted by Gasteiger charge is -2.33. The molecule has 6 heteroatoms. The van der Waals surface area contributed by atoms with Crippen molar-refractivity contribution in [2.75, 3.05) is 39.4 Å². The molecule has 2 fully saturated rings. The standard InChI is InChI=1S/C17H26N2O3S/c1-2-21-17(20)19-10-8-18(9-11-19)13-14-6-7-16(23-14)15-5-3-4-12-22-15/h6-7,15H,2-5,8-13H2,1H3. The Morgan fingerprint density at radius 2 is 2.13 bits per heavy atom. The molecule has 128 valence electrons. The molecule has 2 aliphatic heterocycles. The molecular formula is C17H26N2O3S. The van der Waals surface area contributed by atoms with E-state index in [4.69, 9.17) is 9.47 Å². The summed E-state index contributed by atoms with van der Waals surface area (Å²) in [5.74, 6) is 0. The topological polar surface area (TPSA) is 42.0 Å². The normalized spacial score (nSPS) is 23.0. The number of amides is 1. The van der Waals surface area contributed by atoms with E-state index in [1.807, 2.05) is 18.3 Å². The van der Waals surface area contributed by atoms with Gasteiger partial charge >= 0.3 is 6.09 Å². The summed E-state index contributed by atoms with van der Waals surface area (Å²) in [4.78, 5) is 18.7. The first-order valence-corrected chi connectivity index (χ1v) is 9.42. The number of nitrogens with zero attached hydrogens (tertiary/aromatic N) is 2. The van der Waals surface area contributed by atoms with Crippen LogP contribution in [0, 0.1) is 0 Å². The van der Waals surface area contributed by atoms with Gasteiger partial charge in [0.15, 0.2) is 0 Å². The zero-order chi connectivity index (χ0) is 16.1. The summed E-state index contributed by atoms with van der Waals surface area (Å²) < 4.78 is 10.9. The largest absolute Gasteiger partial charge is 0.450 e. The molecule has 0 saturated carbocycles. The number of piperazine rings is 1. The molecule has 3 heterocycles. The number of hydrogen-bond acceptors (Lipinski definition) is 5. The van der Waals surface area contributed by atoms with Crippen LogP contribution in [-0.2, 0) is 16.0 Å². The average molecular weight is 338 g/mol. The fourth-order valence-corrected chi connectivity index (χ4v) is 4.28. The highest BCUT2D eigenvalue weighted by Crippen LogP contribution is 2.33. The minimum absolute atomic E-state index is 0.181. The molecule has 3 rings (SSSR count). The minimum atomic E-state index is -0.181. The van der Waals surface area contributed by atoms with E-state index in [1.54, 1.807) is 4.90 Å². The zero-order valence-electron chi connectivity index (χ0n) is 13.8. The van der Waals surface area contributed by atoms with E-state index < -0.39 is 0 Å². The van der Waals surface area contributed by atoms with Crippen molar-refractivity contribution in [3.8, 4) is 0 Å². The van der Waals surface area contributed by atoms with E-state index in [0.29, 0.717) is 12.7 Å². The molecule has 1 atom stereocenters. The van der Waals surface area contributed by atoms with Crippen LogP contribution >= 0.6 is 11.3 Å². The molecule has 5 nitrogen and oxygen atoms in total. The first kappa shape index (κ1) is 16.7. The molecule has 0 radical (unpaired) electrons. The van der Waals surface area contributed by atoms with Gasteiger partial charge in [-0.15, -0.1) is 11.3 Å². The molecule has 0 aromatic carbocycles. The summed E-state index contributed by atoms with van der Waals surface area (Å²) in [5.41, 5.74) is 0. The summed E-state index contributed by atoms with van der Waals surface area (Å²) in [6.07, 6.45) is 3.74. The van der Waals surface area contributed by atoms with Gasteiger partial charge in [0.2, 0.25) is 0 Å². The molecule has 2 saturated heterocycles. The Morgan fingerprint density at radius 1 is 1.30 bits per heavy atom. The van der Waals surface area contributed by atoms with Gasteiger partial charge < -0.3 is 14.4 Å². The lowest BCUT2D eigenvalue weighted by molar-refractivity contribution is 0.0172. The van der Waals surface area contributed by atoms with Crippen molar-refractivity contribution >= 4 is 17.4 Å². The second kappa shape index (κ2) is 8.13. The molecule has 1 aromatic rings. The minimum Gasteiger partial charge on any atom is -0.450 e. The first-order chi connectivity index (χ1) is 11.3. The number of thiophene rings is 1. The van der Waals surface area contributed by atoms with Gasteiger partial charge in [0.05, 0.1) is 12.7 Å². The summed E-state index contributed by atoms with van der Waals surface area (Å²) in [5, 5.41) is 0. The molecule has 0 N–H and O–H groups in total. The van der Waals surface area contributed by atoms with E-state index in [-0.39, 0.29) is 6.09 Å². The number of carbonyl (C=O) groups excluding carboxylic acids is 1. The molecule has 0 aliphatic carbocycles. The lowest BCUT2D eigenvalue weighted by atomic mass is 10.1. The van der Waals surface area contributed by atoms with Crippen LogP contribution in [0.5, 0.6) is 0 Å². The Kier molecular flexibility index (Phi) is 5.91. The van der Waals surface area contributed by atoms with Gasteiger partial charge in [0, 0.05) is 49.1 Å². The lowest BCUT2D eigenvalue weighted by Crippen LogP contribution is -2.48.